The topological polar surface area (TPSA) is 74.9 Å². The summed E-state index contributed by atoms with van der Waals surface area (Å²) in [5, 5.41) is 1.17. The minimum atomic E-state index is -0.0805. The Labute approximate surface area is 181 Å². The Kier molecular flexibility index (Phi) is 6.11. The van der Waals surface area contributed by atoms with Crippen LogP contribution in [0.5, 0.6) is 11.5 Å². The Bertz CT molecular complexity index is 1060. The normalized spacial score (nSPS) is 14.0. The summed E-state index contributed by atoms with van der Waals surface area (Å²) in [5.74, 6) is 1.20. The van der Waals surface area contributed by atoms with Crippen LogP contribution in [0.2, 0.25) is 0 Å². The number of hydrogen-bond acceptors (Lipinski definition) is 4. The molecule has 7 nitrogen and oxygen atoms in total. The first-order valence-electron chi connectivity index (χ1n) is 10.4. The Morgan fingerprint density at radius 1 is 0.935 bits per heavy atom. The maximum Gasteiger partial charge on any atom is 0.254 e. The van der Waals surface area contributed by atoms with E-state index in [1.165, 1.54) is 5.39 Å². The van der Waals surface area contributed by atoms with Crippen molar-refractivity contribution in [1.29, 1.82) is 0 Å². The number of hydrogen-bond donors (Lipinski definition) is 1. The second-order valence-corrected chi connectivity index (χ2v) is 7.63. The first kappa shape index (κ1) is 20.8. The molecule has 2 aromatic carbocycles. The number of carbonyl (C=O) groups excluding carboxylic acids is 2. The lowest BCUT2D eigenvalue weighted by Crippen LogP contribution is -2.50. The summed E-state index contributed by atoms with van der Waals surface area (Å²) in [6.45, 7) is 2.10. The third kappa shape index (κ3) is 4.50. The average molecular weight is 421 g/mol. The molecule has 0 bridgehead atoms. The van der Waals surface area contributed by atoms with Gasteiger partial charge in [0.1, 0.15) is 11.5 Å². The van der Waals surface area contributed by atoms with Gasteiger partial charge in [0, 0.05) is 61.3 Å². The molecule has 0 unspecified atom stereocenters. The third-order valence-electron chi connectivity index (χ3n) is 5.80. The zero-order valence-electron chi connectivity index (χ0n) is 17.9. The standard InChI is InChI=1S/C24H27N3O4/c1-30-19-13-18(14-20(15-19)31-2)24(29)27-11-9-26(10-12-27)23(28)8-7-17-16-25-22-6-4-3-5-21(17)22/h3-6,13-16,25H,7-12H2,1-2H3. The monoisotopic (exact) mass is 421 g/mol. The van der Waals surface area contributed by atoms with Gasteiger partial charge in [0.05, 0.1) is 14.2 Å². The summed E-state index contributed by atoms with van der Waals surface area (Å²) in [6, 6.07) is 13.3. The number of carbonyl (C=O) groups is 2. The van der Waals surface area contributed by atoms with E-state index in [1.807, 2.05) is 29.3 Å². The predicted molar refractivity (Wildman–Crippen MR) is 119 cm³/mol. The van der Waals surface area contributed by atoms with E-state index in [0.29, 0.717) is 56.1 Å². The van der Waals surface area contributed by atoms with Crippen molar-refractivity contribution >= 4 is 22.7 Å². The van der Waals surface area contributed by atoms with Gasteiger partial charge in [-0.25, -0.2) is 0 Å². The summed E-state index contributed by atoms with van der Waals surface area (Å²) in [5.41, 5.74) is 2.77. The molecule has 31 heavy (non-hydrogen) atoms. The second kappa shape index (κ2) is 9.12. The number of rotatable bonds is 6. The Balaban J connectivity index is 1.33. The number of amides is 2. The number of nitrogens with one attached hydrogen (secondary N) is 1. The third-order valence-corrected chi connectivity index (χ3v) is 5.80. The quantitative estimate of drug-likeness (QED) is 0.664. The van der Waals surface area contributed by atoms with Crippen LogP contribution in [0.1, 0.15) is 22.3 Å². The lowest BCUT2D eigenvalue weighted by atomic mass is 10.1. The van der Waals surface area contributed by atoms with E-state index in [-0.39, 0.29) is 11.8 Å². The summed E-state index contributed by atoms with van der Waals surface area (Å²) in [4.78, 5) is 32.5. The second-order valence-electron chi connectivity index (χ2n) is 7.63. The fraction of sp³-hybridized carbons (Fsp3) is 0.333. The predicted octanol–water partition coefficient (Wildman–Crippen LogP) is 3.10. The largest absolute Gasteiger partial charge is 0.497 e. The molecule has 2 amide bonds. The Hall–Kier alpha value is -3.48. The molecule has 1 N–H and O–H groups in total. The van der Waals surface area contributed by atoms with Gasteiger partial charge in [-0.3, -0.25) is 9.59 Å². The summed E-state index contributed by atoms with van der Waals surface area (Å²) in [6.07, 6.45) is 3.14. The van der Waals surface area contributed by atoms with Crippen LogP contribution in [0.4, 0.5) is 0 Å². The molecule has 1 aromatic heterocycles. The average Bonchev–Trinajstić information content (AvgIpc) is 3.24. The molecule has 1 fully saturated rings. The fourth-order valence-corrected chi connectivity index (χ4v) is 4.01. The maximum absolute atomic E-state index is 12.9. The molecule has 1 saturated heterocycles. The van der Waals surface area contributed by atoms with Gasteiger partial charge < -0.3 is 24.3 Å². The van der Waals surface area contributed by atoms with Crippen LogP contribution in [0.15, 0.2) is 48.7 Å². The smallest absolute Gasteiger partial charge is 0.254 e. The van der Waals surface area contributed by atoms with E-state index in [4.69, 9.17) is 9.47 Å². The van der Waals surface area contributed by atoms with E-state index in [9.17, 15) is 9.59 Å². The number of aryl methyl sites for hydroxylation is 1. The highest BCUT2D eigenvalue weighted by atomic mass is 16.5. The lowest BCUT2D eigenvalue weighted by molar-refractivity contribution is -0.132. The molecule has 2 heterocycles. The molecule has 0 saturated carbocycles. The van der Waals surface area contributed by atoms with Gasteiger partial charge in [-0.1, -0.05) is 18.2 Å². The van der Waals surface area contributed by atoms with Gasteiger partial charge in [-0.15, -0.1) is 0 Å². The summed E-state index contributed by atoms with van der Waals surface area (Å²) < 4.78 is 10.5. The zero-order chi connectivity index (χ0) is 21.8. The van der Waals surface area contributed by atoms with E-state index >= 15 is 0 Å². The number of methoxy groups -OCH3 is 2. The number of ether oxygens (including phenoxy) is 2. The Morgan fingerprint density at radius 3 is 2.26 bits per heavy atom. The van der Waals surface area contributed by atoms with Crippen LogP contribution in [-0.2, 0) is 11.2 Å². The van der Waals surface area contributed by atoms with Crippen LogP contribution in [0.25, 0.3) is 10.9 Å². The number of fused-ring (bicyclic) bond motifs is 1. The van der Waals surface area contributed by atoms with Gasteiger partial charge in [-0.05, 0) is 30.2 Å². The SMILES string of the molecule is COc1cc(OC)cc(C(=O)N2CCN(C(=O)CCc3c[nH]c4ccccc34)CC2)c1. The van der Waals surface area contributed by atoms with Crippen LogP contribution in [-0.4, -0.2) is 67.0 Å². The van der Waals surface area contributed by atoms with E-state index in [1.54, 1.807) is 37.3 Å². The highest BCUT2D eigenvalue weighted by molar-refractivity contribution is 5.95. The molecule has 0 radical (unpaired) electrons. The molecule has 3 aromatic rings. The molecular weight excluding hydrogens is 394 g/mol. The van der Waals surface area contributed by atoms with Crippen LogP contribution >= 0.6 is 0 Å². The van der Waals surface area contributed by atoms with Crippen LogP contribution < -0.4 is 9.47 Å². The van der Waals surface area contributed by atoms with Gasteiger partial charge in [-0.2, -0.15) is 0 Å². The molecule has 4 rings (SSSR count). The first-order valence-corrected chi connectivity index (χ1v) is 10.4. The van der Waals surface area contributed by atoms with Gasteiger partial charge in [0.2, 0.25) is 5.91 Å². The van der Waals surface area contributed by atoms with Crippen molar-refractivity contribution in [3.8, 4) is 11.5 Å². The molecule has 0 spiro atoms. The van der Waals surface area contributed by atoms with E-state index < -0.39 is 0 Å². The molecular formula is C24H27N3O4. The minimum Gasteiger partial charge on any atom is -0.497 e. The summed E-state index contributed by atoms with van der Waals surface area (Å²) >= 11 is 0. The van der Waals surface area contributed by atoms with Crippen molar-refractivity contribution in [1.82, 2.24) is 14.8 Å². The van der Waals surface area contributed by atoms with Crippen molar-refractivity contribution in [2.24, 2.45) is 0 Å². The van der Waals surface area contributed by atoms with Crippen LogP contribution in [0, 0.1) is 0 Å². The molecule has 1 aliphatic rings. The number of nitrogens with zero attached hydrogens (tertiary/aromatic N) is 2. The fourth-order valence-electron chi connectivity index (χ4n) is 4.01. The van der Waals surface area contributed by atoms with Crippen molar-refractivity contribution < 1.29 is 19.1 Å². The minimum absolute atomic E-state index is 0.0805. The van der Waals surface area contributed by atoms with E-state index in [0.717, 1.165) is 11.1 Å². The number of aromatic nitrogens is 1. The lowest BCUT2D eigenvalue weighted by Gasteiger charge is -2.35. The van der Waals surface area contributed by atoms with Crippen molar-refractivity contribution in [2.45, 2.75) is 12.8 Å². The van der Waals surface area contributed by atoms with Gasteiger partial charge in [0.25, 0.3) is 5.91 Å². The van der Waals surface area contributed by atoms with Crippen molar-refractivity contribution in [2.75, 3.05) is 40.4 Å². The van der Waals surface area contributed by atoms with Crippen molar-refractivity contribution in [3.63, 3.8) is 0 Å². The number of para-hydroxylation sites is 1. The molecule has 0 atom stereocenters. The van der Waals surface area contributed by atoms with Crippen LogP contribution in [0.3, 0.4) is 0 Å². The zero-order valence-corrected chi connectivity index (χ0v) is 17.9. The molecule has 0 aliphatic carbocycles. The van der Waals surface area contributed by atoms with Crippen molar-refractivity contribution in [3.05, 3.63) is 59.8 Å². The highest BCUT2D eigenvalue weighted by Gasteiger charge is 2.25. The molecule has 7 heteroatoms. The molecule has 162 valence electrons. The number of piperazine rings is 1. The number of benzene rings is 2. The van der Waals surface area contributed by atoms with Gasteiger partial charge in [0.15, 0.2) is 0 Å². The highest BCUT2D eigenvalue weighted by Crippen LogP contribution is 2.24. The summed E-state index contributed by atoms with van der Waals surface area (Å²) in [7, 11) is 3.12. The maximum atomic E-state index is 12.9. The first-order chi connectivity index (χ1) is 15.1. The Morgan fingerprint density at radius 2 is 1.58 bits per heavy atom. The number of H-pyrrole nitrogens is 1. The van der Waals surface area contributed by atoms with Gasteiger partial charge >= 0.3 is 0 Å². The van der Waals surface area contributed by atoms with E-state index in [2.05, 4.69) is 11.1 Å². The number of aromatic amines is 1. The molecule has 1 aliphatic heterocycles.